The first-order valence-electron chi connectivity index (χ1n) is 8.15. The summed E-state index contributed by atoms with van der Waals surface area (Å²) in [5.74, 6) is 0. The fraction of sp³-hybridized carbons (Fsp3) is 0.562. The summed E-state index contributed by atoms with van der Waals surface area (Å²) in [6.45, 7) is 9.20. The average Bonchev–Trinajstić information content (AvgIpc) is 2.96. The lowest BCUT2D eigenvalue weighted by Gasteiger charge is -2.19. The monoisotopic (exact) mass is 338 g/mol. The highest BCUT2D eigenvalue weighted by molar-refractivity contribution is 7.89. The van der Waals surface area contributed by atoms with E-state index in [2.05, 4.69) is 33.4 Å². The summed E-state index contributed by atoms with van der Waals surface area (Å²) in [5, 5.41) is -0.0192. The number of aromatic amines is 1. The third-order valence-electron chi connectivity index (χ3n) is 3.98. The summed E-state index contributed by atoms with van der Waals surface area (Å²) in [4.78, 5) is 9.36. The highest BCUT2D eigenvalue weighted by Gasteiger charge is 2.21. The lowest BCUT2D eigenvalue weighted by molar-refractivity contribution is 0.293. The molecule has 6 nitrogen and oxygen atoms in total. The van der Waals surface area contributed by atoms with Crippen molar-refractivity contribution in [3.05, 3.63) is 24.3 Å². The average molecular weight is 338 g/mol. The number of rotatable bonds is 9. The molecule has 7 heteroatoms. The van der Waals surface area contributed by atoms with Crippen LogP contribution in [0.2, 0.25) is 0 Å². The number of benzene rings is 1. The van der Waals surface area contributed by atoms with Gasteiger partial charge in [-0.3, -0.25) is 0 Å². The number of nitrogens with zero attached hydrogens (tertiary/aromatic N) is 2. The van der Waals surface area contributed by atoms with Crippen molar-refractivity contribution >= 4 is 21.1 Å². The number of hydrogen-bond acceptors (Lipinski definition) is 4. The van der Waals surface area contributed by atoms with Gasteiger partial charge in [0, 0.05) is 6.04 Å². The van der Waals surface area contributed by atoms with E-state index in [1.165, 1.54) is 0 Å². The van der Waals surface area contributed by atoms with E-state index in [-0.39, 0.29) is 11.2 Å². The van der Waals surface area contributed by atoms with Gasteiger partial charge in [0.05, 0.1) is 11.0 Å². The largest absolute Gasteiger partial charge is 0.328 e. The molecule has 0 bridgehead atoms. The minimum absolute atomic E-state index is 0.0192. The van der Waals surface area contributed by atoms with Crippen LogP contribution in [0.25, 0.3) is 11.0 Å². The first kappa shape index (κ1) is 17.9. The molecule has 1 unspecified atom stereocenters. The Morgan fingerprint density at radius 2 is 1.96 bits per heavy atom. The number of imidazole rings is 1. The Hall–Kier alpha value is -1.44. The van der Waals surface area contributed by atoms with Crippen molar-refractivity contribution in [3.8, 4) is 0 Å². The first-order valence-corrected chi connectivity index (χ1v) is 9.64. The Morgan fingerprint density at radius 1 is 1.26 bits per heavy atom. The van der Waals surface area contributed by atoms with Gasteiger partial charge < -0.3 is 9.88 Å². The summed E-state index contributed by atoms with van der Waals surface area (Å²) in [6.07, 6.45) is 1.77. The van der Waals surface area contributed by atoms with Crippen LogP contribution in [0.1, 0.15) is 33.6 Å². The summed E-state index contributed by atoms with van der Waals surface area (Å²) < 4.78 is 27.5. The highest BCUT2D eigenvalue weighted by Crippen LogP contribution is 2.14. The molecule has 2 aromatic rings. The molecule has 0 spiro atoms. The molecule has 0 saturated carbocycles. The first-order chi connectivity index (χ1) is 11.0. The van der Waals surface area contributed by atoms with Crippen molar-refractivity contribution in [2.45, 2.75) is 44.8 Å². The van der Waals surface area contributed by atoms with Gasteiger partial charge >= 0.3 is 0 Å². The predicted molar refractivity (Wildman–Crippen MR) is 92.9 cm³/mol. The van der Waals surface area contributed by atoms with Gasteiger partial charge in [-0.1, -0.05) is 26.0 Å². The smallest absolute Gasteiger partial charge is 0.274 e. The van der Waals surface area contributed by atoms with Crippen molar-refractivity contribution in [2.75, 3.05) is 19.6 Å². The third kappa shape index (κ3) is 4.76. The van der Waals surface area contributed by atoms with Crippen LogP contribution in [0, 0.1) is 0 Å². The van der Waals surface area contributed by atoms with E-state index in [1.54, 1.807) is 6.07 Å². The minimum Gasteiger partial charge on any atom is -0.328 e. The van der Waals surface area contributed by atoms with Gasteiger partial charge in [-0.15, -0.1) is 0 Å². The number of aromatic nitrogens is 2. The van der Waals surface area contributed by atoms with Gasteiger partial charge in [0.2, 0.25) is 5.16 Å². The molecule has 128 valence electrons. The molecule has 0 saturated heterocycles. The molecule has 0 radical (unpaired) electrons. The van der Waals surface area contributed by atoms with Crippen LogP contribution in [0.3, 0.4) is 0 Å². The van der Waals surface area contributed by atoms with Gasteiger partial charge in [-0.2, -0.15) is 0 Å². The molecule has 2 N–H and O–H groups in total. The zero-order valence-electron chi connectivity index (χ0n) is 14.0. The second-order valence-electron chi connectivity index (χ2n) is 5.75. The standard InChI is InChI=1S/C16H26N4O2S/c1-4-20(5-2)12-8-9-13(3)19-23(21,22)16-17-14-10-6-7-11-15(14)18-16/h6-7,10-11,13,19H,4-5,8-9,12H2,1-3H3,(H,17,18). The molecule has 1 aromatic carbocycles. The van der Waals surface area contributed by atoms with Crippen molar-refractivity contribution in [3.63, 3.8) is 0 Å². The molecule has 0 fully saturated rings. The zero-order valence-corrected chi connectivity index (χ0v) is 14.9. The summed E-state index contributed by atoms with van der Waals surface area (Å²) >= 11 is 0. The van der Waals surface area contributed by atoms with E-state index in [4.69, 9.17) is 0 Å². The SMILES string of the molecule is CCN(CC)CCCC(C)NS(=O)(=O)c1nc2ccccc2[nH]1. The van der Waals surface area contributed by atoms with Crippen LogP contribution in [-0.4, -0.2) is 49.0 Å². The van der Waals surface area contributed by atoms with Gasteiger partial charge in [-0.25, -0.2) is 18.1 Å². The maximum atomic E-state index is 12.4. The predicted octanol–water partition coefficient (Wildman–Crippen LogP) is 2.35. The minimum atomic E-state index is -3.61. The normalized spacial score (nSPS) is 13.7. The van der Waals surface area contributed by atoms with Crippen LogP contribution in [0.15, 0.2) is 29.4 Å². The summed E-state index contributed by atoms with van der Waals surface area (Å²) in [6, 6.07) is 7.17. The zero-order chi connectivity index (χ0) is 16.9. The van der Waals surface area contributed by atoms with E-state index in [0.29, 0.717) is 5.52 Å². The molecule has 0 amide bonds. The molecule has 0 aliphatic heterocycles. The van der Waals surface area contributed by atoms with Crippen molar-refractivity contribution in [1.29, 1.82) is 0 Å². The van der Waals surface area contributed by atoms with Crippen molar-refractivity contribution < 1.29 is 8.42 Å². The molecule has 2 rings (SSSR count). The second-order valence-corrected chi connectivity index (χ2v) is 7.38. The van der Waals surface area contributed by atoms with Crippen LogP contribution in [-0.2, 0) is 10.0 Å². The fourth-order valence-corrected chi connectivity index (χ4v) is 3.82. The summed E-state index contributed by atoms with van der Waals surface area (Å²) in [5.41, 5.74) is 1.38. The Morgan fingerprint density at radius 3 is 2.61 bits per heavy atom. The van der Waals surface area contributed by atoms with Crippen LogP contribution < -0.4 is 4.72 Å². The number of para-hydroxylation sites is 2. The summed E-state index contributed by atoms with van der Waals surface area (Å²) in [7, 11) is -3.61. The molecule has 1 atom stereocenters. The van der Waals surface area contributed by atoms with E-state index >= 15 is 0 Å². The second kappa shape index (κ2) is 7.90. The topological polar surface area (TPSA) is 78.1 Å². The maximum Gasteiger partial charge on any atom is 0.274 e. The van der Waals surface area contributed by atoms with Crippen molar-refractivity contribution in [2.24, 2.45) is 0 Å². The van der Waals surface area contributed by atoms with Crippen LogP contribution >= 0.6 is 0 Å². The quantitative estimate of drug-likeness (QED) is 0.736. The number of fused-ring (bicyclic) bond motifs is 1. The molecule has 1 aromatic heterocycles. The molecule has 0 aliphatic carbocycles. The molecular weight excluding hydrogens is 312 g/mol. The fourth-order valence-electron chi connectivity index (χ4n) is 2.60. The van der Waals surface area contributed by atoms with E-state index < -0.39 is 10.0 Å². The highest BCUT2D eigenvalue weighted by atomic mass is 32.2. The van der Waals surface area contributed by atoms with E-state index in [0.717, 1.165) is 38.0 Å². The third-order valence-corrected chi connectivity index (χ3v) is 5.40. The lowest BCUT2D eigenvalue weighted by atomic mass is 10.2. The van der Waals surface area contributed by atoms with Crippen LogP contribution in [0.5, 0.6) is 0 Å². The Labute approximate surface area is 138 Å². The van der Waals surface area contributed by atoms with Gasteiger partial charge in [0.15, 0.2) is 0 Å². The lowest BCUT2D eigenvalue weighted by Crippen LogP contribution is -2.34. The Bertz CT molecular complexity index is 690. The van der Waals surface area contributed by atoms with Gasteiger partial charge in [0.25, 0.3) is 10.0 Å². The van der Waals surface area contributed by atoms with E-state index in [9.17, 15) is 8.42 Å². The molecule has 0 aliphatic rings. The maximum absolute atomic E-state index is 12.4. The molecular formula is C16H26N4O2S. The molecule has 23 heavy (non-hydrogen) atoms. The number of sulfonamides is 1. The Kier molecular flexibility index (Phi) is 6.15. The van der Waals surface area contributed by atoms with E-state index in [1.807, 2.05) is 25.1 Å². The number of hydrogen-bond donors (Lipinski definition) is 2. The van der Waals surface area contributed by atoms with Crippen molar-refractivity contribution in [1.82, 2.24) is 19.6 Å². The number of nitrogens with one attached hydrogen (secondary N) is 2. The Balaban J connectivity index is 1.94. The molecule has 1 heterocycles. The van der Waals surface area contributed by atoms with Gasteiger partial charge in [-0.05, 0) is 51.5 Å². The van der Waals surface area contributed by atoms with Gasteiger partial charge in [0.1, 0.15) is 0 Å². The number of H-pyrrole nitrogens is 1. The van der Waals surface area contributed by atoms with Crippen LogP contribution in [0.4, 0.5) is 0 Å².